The number of esters is 2. The molecule has 0 N–H and O–H groups in total. The largest absolute Gasteiger partial charge is 0.463 e. The highest BCUT2D eigenvalue weighted by molar-refractivity contribution is 5.81. The smallest absolute Gasteiger partial charge is 0.330 e. The van der Waals surface area contributed by atoms with E-state index in [9.17, 15) is 9.59 Å². The molecule has 0 aliphatic rings. The lowest BCUT2D eigenvalue weighted by Crippen LogP contribution is -2.00. The van der Waals surface area contributed by atoms with Crippen LogP contribution in [0.15, 0.2) is 25.3 Å². The Morgan fingerprint density at radius 2 is 1.56 bits per heavy atom. The average molecular weight is 228 g/mol. The zero-order valence-electron chi connectivity index (χ0n) is 10.0. The Balaban J connectivity index is 0. The van der Waals surface area contributed by atoms with Crippen molar-refractivity contribution in [1.29, 1.82) is 0 Å². The first kappa shape index (κ1) is 16.8. The first-order valence-corrected chi connectivity index (χ1v) is 5.20. The van der Waals surface area contributed by atoms with Gasteiger partial charge in [0.05, 0.1) is 13.2 Å². The van der Waals surface area contributed by atoms with Gasteiger partial charge in [0.15, 0.2) is 0 Å². The van der Waals surface area contributed by atoms with Crippen molar-refractivity contribution in [1.82, 2.24) is 0 Å². The molecule has 0 aromatic rings. The summed E-state index contributed by atoms with van der Waals surface area (Å²) in [6.45, 7) is 11.2. The summed E-state index contributed by atoms with van der Waals surface area (Å²) in [4.78, 5) is 20.4. The van der Waals surface area contributed by atoms with Crippen molar-refractivity contribution in [2.75, 3.05) is 13.2 Å². The van der Waals surface area contributed by atoms with Crippen molar-refractivity contribution < 1.29 is 19.1 Å². The van der Waals surface area contributed by atoms with Crippen LogP contribution in [0.3, 0.4) is 0 Å². The highest BCUT2D eigenvalue weighted by Gasteiger charge is 1.91. The van der Waals surface area contributed by atoms with Crippen LogP contribution in [-0.2, 0) is 19.1 Å². The van der Waals surface area contributed by atoms with Gasteiger partial charge in [-0.05, 0) is 13.3 Å². The molecule has 0 saturated carbocycles. The Hall–Kier alpha value is -1.58. The molecule has 0 bridgehead atoms. The van der Waals surface area contributed by atoms with E-state index in [1.54, 1.807) is 6.92 Å². The third-order valence-electron chi connectivity index (χ3n) is 1.36. The van der Waals surface area contributed by atoms with Crippen LogP contribution < -0.4 is 0 Å². The third kappa shape index (κ3) is 14.9. The van der Waals surface area contributed by atoms with Gasteiger partial charge in [0.25, 0.3) is 0 Å². The normalized spacial score (nSPS) is 8.12. The summed E-state index contributed by atoms with van der Waals surface area (Å²) in [5, 5.41) is 0. The van der Waals surface area contributed by atoms with E-state index >= 15 is 0 Å². The van der Waals surface area contributed by atoms with Crippen LogP contribution in [0.5, 0.6) is 0 Å². The molecule has 0 heterocycles. The predicted octanol–water partition coefficient (Wildman–Crippen LogP) is 2.25. The number of unbranched alkanes of at least 4 members (excludes halogenated alkanes) is 1. The maximum absolute atomic E-state index is 10.3. The van der Waals surface area contributed by atoms with E-state index in [1.165, 1.54) is 6.08 Å². The van der Waals surface area contributed by atoms with E-state index in [1.807, 2.05) is 6.92 Å². The Bertz CT molecular complexity index is 221. The van der Waals surface area contributed by atoms with Crippen LogP contribution >= 0.6 is 0 Å². The van der Waals surface area contributed by atoms with Crippen molar-refractivity contribution in [2.24, 2.45) is 0 Å². The molecular formula is C12H20O4. The Labute approximate surface area is 96.9 Å². The SMILES string of the molecule is C=CC(=O)OCC.C=CC(=O)OCCCC. The third-order valence-corrected chi connectivity index (χ3v) is 1.36. The molecule has 92 valence electrons. The molecular weight excluding hydrogens is 208 g/mol. The second-order valence-corrected chi connectivity index (χ2v) is 2.68. The van der Waals surface area contributed by atoms with Gasteiger partial charge < -0.3 is 9.47 Å². The van der Waals surface area contributed by atoms with Crippen LogP contribution in [0.1, 0.15) is 26.7 Å². The lowest BCUT2D eigenvalue weighted by atomic mass is 10.4. The standard InChI is InChI=1S/C7H12O2.C5H8O2/c1-3-5-6-9-7(8)4-2;1-3-5(6)7-4-2/h4H,2-3,5-6H2,1H3;3H,1,4H2,2H3. The molecule has 0 aliphatic carbocycles. The maximum Gasteiger partial charge on any atom is 0.330 e. The summed E-state index contributed by atoms with van der Waals surface area (Å²) in [6.07, 6.45) is 4.29. The summed E-state index contributed by atoms with van der Waals surface area (Å²) in [5.41, 5.74) is 0. The fraction of sp³-hybridized carbons (Fsp3) is 0.500. The van der Waals surface area contributed by atoms with Crippen molar-refractivity contribution >= 4 is 11.9 Å². The van der Waals surface area contributed by atoms with Crippen molar-refractivity contribution in [3.63, 3.8) is 0 Å². The number of carbonyl (C=O) groups is 2. The lowest BCUT2D eigenvalue weighted by Gasteiger charge is -1.97. The number of hydrogen-bond acceptors (Lipinski definition) is 4. The minimum Gasteiger partial charge on any atom is -0.463 e. The highest BCUT2D eigenvalue weighted by Crippen LogP contribution is 1.88. The van der Waals surface area contributed by atoms with Gasteiger partial charge in [-0.2, -0.15) is 0 Å². The quantitative estimate of drug-likeness (QED) is 0.397. The second kappa shape index (κ2) is 13.4. The lowest BCUT2D eigenvalue weighted by molar-refractivity contribution is -0.138. The van der Waals surface area contributed by atoms with Gasteiger partial charge in [0.1, 0.15) is 0 Å². The van der Waals surface area contributed by atoms with Crippen molar-refractivity contribution in [3.8, 4) is 0 Å². The summed E-state index contributed by atoms with van der Waals surface area (Å²) >= 11 is 0. The number of rotatable bonds is 6. The molecule has 0 radical (unpaired) electrons. The molecule has 16 heavy (non-hydrogen) atoms. The van der Waals surface area contributed by atoms with Gasteiger partial charge in [-0.15, -0.1) is 0 Å². The minimum absolute atomic E-state index is 0.330. The van der Waals surface area contributed by atoms with E-state index in [-0.39, 0.29) is 11.9 Å². The molecule has 0 aliphatic heterocycles. The predicted molar refractivity (Wildman–Crippen MR) is 62.9 cm³/mol. The Kier molecular flexibility index (Phi) is 14.1. The van der Waals surface area contributed by atoms with Gasteiger partial charge in [0.2, 0.25) is 0 Å². The molecule has 0 fully saturated rings. The molecule has 0 unspecified atom stereocenters. The summed E-state index contributed by atoms with van der Waals surface area (Å²) in [5.74, 6) is -0.689. The summed E-state index contributed by atoms with van der Waals surface area (Å²) in [7, 11) is 0. The van der Waals surface area contributed by atoms with Gasteiger partial charge in [-0.25, -0.2) is 9.59 Å². The molecule has 0 aromatic heterocycles. The Morgan fingerprint density at radius 3 is 1.88 bits per heavy atom. The molecule has 0 rings (SSSR count). The molecule has 0 saturated heterocycles. The highest BCUT2D eigenvalue weighted by atomic mass is 16.5. The second-order valence-electron chi connectivity index (χ2n) is 2.68. The topological polar surface area (TPSA) is 52.6 Å². The van der Waals surface area contributed by atoms with E-state index < -0.39 is 0 Å². The van der Waals surface area contributed by atoms with Gasteiger partial charge >= 0.3 is 11.9 Å². The maximum atomic E-state index is 10.3. The summed E-state index contributed by atoms with van der Waals surface area (Å²) in [6, 6.07) is 0. The van der Waals surface area contributed by atoms with Gasteiger partial charge in [-0.1, -0.05) is 26.5 Å². The first-order chi connectivity index (χ1) is 7.62. The zero-order chi connectivity index (χ0) is 12.8. The van der Waals surface area contributed by atoms with Crippen LogP contribution in [0, 0.1) is 0 Å². The molecule has 0 atom stereocenters. The monoisotopic (exact) mass is 228 g/mol. The zero-order valence-corrected chi connectivity index (χ0v) is 10.0. The molecule has 0 spiro atoms. The summed E-state index contributed by atoms with van der Waals surface area (Å²) < 4.78 is 9.11. The fourth-order valence-electron chi connectivity index (χ4n) is 0.577. The number of hydrogen-bond donors (Lipinski definition) is 0. The molecule has 0 amide bonds. The average Bonchev–Trinajstić information content (AvgIpc) is 2.30. The molecule has 4 nitrogen and oxygen atoms in total. The van der Waals surface area contributed by atoms with Gasteiger partial charge in [-0.3, -0.25) is 0 Å². The Morgan fingerprint density at radius 1 is 1.06 bits per heavy atom. The number of carbonyl (C=O) groups excluding carboxylic acids is 2. The van der Waals surface area contributed by atoms with Crippen LogP contribution in [-0.4, -0.2) is 25.2 Å². The van der Waals surface area contributed by atoms with Gasteiger partial charge in [0, 0.05) is 12.2 Å². The van der Waals surface area contributed by atoms with Crippen molar-refractivity contribution in [3.05, 3.63) is 25.3 Å². The van der Waals surface area contributed by atoms with E-state index in [0.717, 1.165) is 18.9 Å². The fourth-order valence-corrected chi connectivity index (χ4v) is 0.577. The van der Waals surface area contributed by atoms with E-state index in [0.29, 0.717) is 13.2 Å². The molecule has 4 heteroatoms. The number of ether oxygens (including phenoxy) is 2. The first-order valence-electron chi connectivity index (χ1n) is 5.20. The van der Waals surface area contributed by atoms with Crippen LogP contribution in [0.4, 0.5) is 0 Å². The van der Waals surface area contributed by atoms with Crippen LogP contribution in [0.2, 0.25) is 0 Å². The van der Waals surface area contributed by atoms with Crippen molar-refractivity contribution in [2.45, 2.75) is 26.7 Å². The van der Waals surface area contributed by atoms with Crippen LogP contribution in [0.25, 0.3) is 0 Å². The minimum atomic E-state index is -0.359. The van der Waals surface area contributed by atoms with E-state index in [2.05, 4.69) is 22.6 Å². The molecule has 0 aromatic carbocycles. The van der Waals surface area contributed by atoms with E-state index in [4.69, 9.17) is 0 Å².